The molecule has 0 aromatic heterocycles. The topological polar surface area (TPSA) is 46.5 Å². The first-order valence-electron chi connectivity index (χ1n) is 4.62. The molecule has 0 spiro atoms. The number of hydrogen-bond acceptors (Lipinski definition) is 3. The molecule has 0 fully saturated rings. The number of phenols is 1. The van der Waals surface area contributed by atoms with E-state index in [1.54, 1.807) is 19.1 Å². The molecular formula is C11H12O3. The number of benzene rings is 1. The van der Waals surface area contributed by atoms with Gasteiger partial charge in [0, 0.05) is 5.56 Å². The highest BCUT2D eigenvalue weighted by molar-refractivity contribution is 5.76. The molecular weight excluding hydrogens is 180 g/mol. The van der Waals surface area contributed by atoms with Gasteiger partial charge in [0.05, 0.1) is 6.42 Å². The average molecular weight is 192 g/mol. The molecule has 0 unspecified atom stereocenters. The number of fused-ring (bicyclic) bond motifs is 1. The van der Waals surface area contributed by atoms with E-state index in [9.17, 15) is 9.90 Å². The molecule has 3 heteroatoms. The van der Waals surface area contributed by atoms with Crippen molar-refractivity contribution in [2.75, 3.05) is 0 Å². The summed E-state index contributed by atoms with van der Waals surface area (Å²) in [6.45, 7) is 3.73. The fourth-order valence-electron chi connectivity index (χ4n) is 1.68. The molecule has 0 amide bonds. The van der Waals surface area contributed by atoms with Gasteiger partial charge in [0.15, 0.2) is 0 Å². The van der Waals surface area contributed by atoms with Crippen molar-refractivity contribution < 1.29 is 14.6 Å². The summed E-state index contributed by atoms with van der Waals surface area (Å²) in [6, 6.07) is 3.39. The smallest absolute Gasteiger partial charge is 0.311 e. The molecule has 0 saturated heterocycles. The first-order valence-corrected chi connectivity index (χ1v) is 4.62. The number of esters is 1. The van der Waals surface area contributed by atoms with Crippen LogP contribution in [0.4, 0.5) is 0 Å². The Morgan fingerprint density at radius 3 is 2.93 bits per heavy atom. The molecule has 1 aromatic rings. The van der Waals surface area contributed by atoms with Crippen molar-refractivity contribution in [3.05, 3.63) is 23.3 Å². The maximum Gasteiger partial charge on any atom is 0.311 e. The number of carbonyl (C=O) groups is 1. The summed E-state index contributed by atoms with van der Waals surface area (Å²) in [5.74, 6) is 0.769. The van der Waals surface area contributed by atoms with E-state index >= 15 is 0 Å². The van der Waals surface area contributed by atoms with Gasteiger partial charge < -0.3 is 9.84 Å². The predicted octanol–water partition coefficient (Wildman–Crippen LogP) is 2.11. The highest BCUT2D eigenvalue weighted by Crippen LogP contribution is 2.37. The van der Waals surface area contributed by atoms with Gasteiger partial charge >= 0.3 is 5.97 Å². The van der Waals surface area contributed by atoms with Crippen LogP contribution in [-0.4, -0.2) is 11.1 Å². The molecule has 2 rings (SSSR count). The van der Waals surface area contributed by atoms with Gasteiger partial charge in [-0.15, -0.1) is 0 Å². The van der Waals surface area contributed by atoms with Crippen molar-refractivity contribution in [2.45, 2.75) is 26.2 Å². The second-order valence-electron chi connectivity index (χ2n) is 3.76. The van der Waals surface area contributed by atoms with Crippen molar-refractivity contribution in [2.24, 2.45) is 0 Å². The van der Waals surface area contributed by atoms with E-state index in [1.165, 1.54) is 0 Å². The Kier molecular flexibility index (Phi) is 1.95. The molecule has 0 bridgehead atoms. The maximum absolute atomic E-state index is 11.1. The second-order valence-corrected chi connectivity index (χ2v) is 3.76. The Morgan fingerprint density at radius 1 is 1.50 bits per heavy atom. The fraction of sp³-hybridized carbons (Fsp3) is 0.364. The lowest BCUT2D eigenvalue weighted by molar-refractivity contribution is -0.135. The van der Waals surface area contributed by atoms with E-state index in [-0.39, 0.29) is 17.6 Å². The van der Waals surface area contributed by atoms with E-state index in [1.807, 2.05) is 6.92 Å². The van der Waals surface area contributed by atoms with E-state index in [2.05, 4.69) is 0 Å². The molecule has 1 N–H and O–H groups in total. The number of aromatic hydroxyl groups is 1. The summed E-state index contributed by atoms with van der Waals surface area (Å²) in [4.78, 5) is 11.1. The van der Waals surface area contributed by atoms with Gasteiger partial charge in [-0.3, -0.25) is 4.79 Å². The van der Waals surface area contributed by atoms with Crippen LogP contribution in [0.1, 0.15) is 30.4 Å². The zero-order chi connectivity index (χ0) is 10.3. The van der Waals surface area contributed by atoms with Gasteiger partial charge in [-0.1, -0.05) is 6.92 Å². The van der Waals surface area contributed by atoms with Crippen LogP contribution in [0.5, 0.6) is 11.5 Å². The normalized spacial score (nSPS) is 20.1. The monoisotopic (exact) mass is 192 g/mol. The van der Waals surface area contributed by atoms with Crippen LogP contribution in [0.3, 0.4) is 0 Å². The minimum absolute atomic E-state index is 0.123. The first-order chi connectivity index (χ1) is 6.58. The number of rotatable bonds is 0. The van der Waals surface area contributed by atoms with Crippen LogP contribution in [0.15, 0.2) is 12.1 Å². The Morgan fingerprint density at radius 2 is 2.21 bits per heavy atom. The Balaban J connectivity index is 2.54. The number of aryl methyl sites for hydroxylation is 1. The lowest BCUT2D eigenvalue weighted by Crippen LogP contribution is -2.18. The highest BCUT2D eigenvalue weighted by atomic mass is 16.5. The molecule has 0 radical (unpaired) electrons. The lowest BCUT2D eigenvalue weighted by atomic mass is 9.93. The summed E-state index contributed by atoms with van der Waals surface area (Å²) in [6.07, 6.45) is 0.384. The Hall–Kier alpha value is -1.51. The van der Waals surface area contributed by atoms with Crippen molar-refractivity contribution >= 4 is 5.97 Å². The zero-order valence-corrected chi connectivity index (χ0v) is 8.20. The van der Waals surface area contributed by atoms with Gasteiger partial charge in [0.1, 0.15) is 11.5 Å². The molecule has 1 heterocycles. The molecule has 0 saturated carbocycles. The fourth-order valence-corrected chi connectivity index (χ4v) is 1.68. The van der Waals surface area contributed by atoms with Crippen LogP contribution in [0, 0.1) is 6.92 Å². The number of phenolic OH excluding ortho intramolecular Hbond substituents is 1. The Bertz CT molecular complexity index is 396. The van der Waals surface area contributed by atoms with Gasteiger partial charge in [-0.2, -0.15) is 0 Å². The third-order valence-corrected chi connectivity index (χ3v) is 2.56. The summed E-state index contributed by atoms with van der Waals surface area (Å²) >= 11 is 0. The largest absolute Gasteiger partial charge is 0.508 e. The third kappa shape index (κ3) is 1.35. The standard InChI is InChI=1S/C11H12O3/c1-6-4-11(13)14-10-3-7(2)9(12)5-8(6)10/h3,5-6,12H,4H2,1-2H3/t6-/m1/s1. The number of hydrogen-bond donors (Lipinski definition) is 1. The lowest BCUT2D eigenvalue weighted by Gasteiger charge is -2.22. The molecule has 14 heavy (non-hydrogen) atoms. The van der Waals surface area contributed by atoms with Crippen LogP contribution < -0.4 is 4.74 Å². The van der Waals surface area contributed by atoms with E-state index in [4.69, 9.17) is 4.74 Å². The number of ether oxygens (including phenoxy) is 1. The van der Waals surface area contributed by atoms with Crippen molar-refractivity contribution in [1.29, 1.82) is 0 Å². The maximum atomic E-state index is 11.1. The summed E-state index contributed by atoms with van der Waals surface area (Å²) in [5.41, 5.74) is 1.64. The van der Waals surface area contributed by atoms with Crippen LogP contribution in [0.25, 0.3) is 0 Å². The average Bonchev–Trinajstić information content (AvgIpc) is 2.08. The Labute approximate surface area is 82.3 Å². The number of carbonyl (C=O) groups excluding carboxylic acids is 1. The van der Waals surface area contributed by atoms with Crippen molar-refractivity contribution in [3.8, 4) is 11.5 Å². The van der Waals surface area contributed by atoms with E-state index in [0.29, 0.717) is 12.2 Å². The summed E-state index contributed by atoms with van der Waals surface area (Å²) in [7, 11) is 0. The van der Waals surface area contributed by atoms with Crippen molar-refractivity contribution in [1.82, 2.24) is 0 Å². The molecule has 74 valence electrons. The molecule has 1 aliphatic heterocycles. The zero-order valence-electron chi connectivity index (χ0n) is 8.20. The molecule has 1 aliphatic rings. The van der Waals surface area contributed by atoms with Gasteiger partial charge in [-0.05, 0) is 30.5 Å². The van der Waals surface area contributed by atoms with Crippen LogP contribution in [0.2, 0.25) is 0 Å². The SMILES string of the molecule is Cc1cc2c(cc1O)[C@H](C)CC(=O)O2. The molecule has 0 aliphatic carbocycles. The summed E-state index contributed by atoms with van der Waals surface area (Å²) < 4.78 is 5.09. The van der Waals surface area contributed by atoms with E-state index in [0.717, 1.165) is 11.1 Å². The van der Waals surface area contributed by atoms with E-state index < -0.39 is 0 Å². The first kappa shape index (κ1) is 9.06. The van der Waals surface area contributed by atoms with Crippen molar-refractivity contribution in [3.63, 3.8) is 0 Å². The van der Waals surface area contributed by atoms with Gasteiger partial charge in [0.2, 0.25) is 0 Å². The molecule has 1 aromatic carbocycles. The predicted molar refractivity (Wildman–Crippen MR) is 51.5 cm³/mol. The van der Waals surface area contributed by atoms with Crippen LogP contribution >= 0.6 is 0 Å². The highest BCUT2D eigenvalue weighted by Gasteiger charge is 2.24. The summed E-state index contributed by atoms with van der Waals surface area (Å²) in [5, 5.41) is 9.52. The molecule has 3 nitrogen and oxygen atoms in total. The van der Waals surface area contributed by atoms with Crippen LogP contribution in [-0.2, 0) is 4.79 Å². The quantitative estimate of drug-likeness (QED) is 0.506. The molecule has 1 atom stereocenters. The second kappa shape index (κ2) is 3.01. The van der Waals surface area contributed by atoms with Gasteiger partial charge in [0.25, 0.3) is 0 Å². The minimum Gasteiger partial charge on any atom is -0.508 e. The third-order valence-electron chi connectivity index (χ3n) is 2.56. The minimum atomic E-state index is -0.199. The van der Waals surface area contributed by atoms with Gasteiger partial charge in [-0.25, -0.2) is 0 Å².